The van der Waals surface area contributed by atoms with Crippen LogP contribution in [0.15, 0.2) is 24.3 Å². The molecule has 0 amide bonds. The zero-order valence-electron chi connectivity index (χ0n) is 9.93. The van der Waals surface area contributed by atoms with Crippen molar-refractivity contribution in [2.75, 3.05) is 19.8 Å². The van der Waals surface area contributed by atoms with E-state index < -0.39 is 12.8 Å². The third kappa shape index (κ3) is 5.97. The summed E-state index contributed by atoms with van der Waals surface area (Å²) in [5.74, 6) is -0.338. The Morgan fingerprint density at radius 2 is 2.06 bits per heavy atom. The van der Waals surface area contributed by atoms with Crippen LogP contribution in [-0.2, 0) is 4.74 Å². The SMILES string of the molecule is CC(NCCOCC(F)(F)F)c1cccc(F)c1. The Labute approximate surface area is 103 Å². The first kappa shape index (κ1) is 14.9. The molecular formula is C12H15F4NO. The summed E-state index contributed by atoms with van der Waals surface area (Å²) in [7, 11) is 0. The Kier molecular flexibility index (Phi) is 5.55. The zero-order valence-corrected chi connectivity index (χ0v) is 9.93. The van der Waals surface area contributed by atoms with Gasteiger partial charge in [0.25, 0.3) is 0 Å². The van der Waals surface area contributed by atoms with Crippen molar-refractivity contribution in [1.29, 1.82) is 0 Å². The van der Waals surface area contributed by atoms with Gasteiger partial charge in [-0.2, -0.15) is 13.2 Å². The average Bonchev–Trinajstić information content (AvgIpc) is 2.26. The maximum atomic E-state index is 12.9. The number of alkyl halides is 3. The Morgan fingerprint density at radius 1 is 1.33 bits per heavy atom. The number of ether oxygens (including phenoxy) is 1. The molecular weight excluding hydrogens is 250 g/mol. The minimum Gasteiger partial charge on any atom is -0.371 e. The number of hydrogen-bond donors (Lipinski definition) is 1. The van der Waals surface area contributed by atoms with Crippen LogP contribution in [-0.4, -0.2) is 25.9 Å². The van der Waals surface area contributed by atoms with Gasteiger partial charge < -0.3 is 10.1 Å². The van der Waals surface area contributed by atoms with E-state index in [1.807, 2.05) is 0 Å². The van der Waals surface area contributed by atoms with Gasteiger partial charge >= 0.3 is 6.18 Å². The lowest BCUT2D eigenvalue weighted by Crippen LogP contribution is -2.26. The molecule has 1 aromatic carbocycles. The van der Waals surface area contributed by atoms with Crippen molar-refractivity contribution in [1.82, 2.24) is 5.32 Å². The van der Waals surface area contributed by atoms with Crippen LogP contribution in [0.2, 0.25) is 0 Å². The average molecular weight is 265 g/mol. The smallest absolute Gasteiger partial charge is 0.371 e. The summed E-state index contributed by atoms with van der Waals surface area (Å²) in [5, 5.41) is 2.95. The highest BCUT2D eigenvalue weighted by molar-refractivity contribution is 5.19. The summed E-state index contributed by atoms with van der Waals surface area (Å²) in [6.07, 6.45) is -4.30. The molecule has 18 heavy (non-hydrogen) atoms. The molecule has 0 aliphatic heterocycles. The molecule has 1 aromatic rings. The number of rotatable bonds is 6. The molecule has 1 unspecified atom stereocenters. The van der Waals surface area contributed by atoms with Gasteiger partial charge in [0.15, 0.2) is 0 Å². The van der Waals surface area contributed by atoms with Crippen molar-refractivity contribution in [3.8, 4) is 0 Å². The molecule has 0 radical (unpaired) electrons. The van der Waals surface area contributed by atoms with Crippen molar-refractivity contribution < 1.29 is 22.3 Å². The lowest BCUT2D eigenvalue weighted by molar-refractivity contribution is -0.173. The first-order valence-corrected chi connectivity index (χ1v) is 5.52. The lowest BCUT2D eigenvalue weighted by atomic mass is 10.1. The topological polar surface area (TPSA) is 21.3 Å². The molecule has 102 valence electrons. The number of hydrogen-bond acceptors (Lipinski definition) is 2. The van der Waals surface area contributed by atoms with Crippen LogP contribution in [0.4, 0.5) is 17.6 Å². The second kappa shape index (κ2) is 6.70. The summed E-state index contributed by atoms with van der Waals surface area (Å²) in [6.45, 7) is 0.786. The van der Waals surface area contributed by atoms with Crippen molar-refractivity contribution >= 4 is 0 Å². The van der Waals surface area contributed by atoms with Crippen LogP contribution in [0, 0.1) is 5.82 Å². The molecule has 1 atom stereocenters. The fourth-order valence-corrected chi connectivity index (χ4v) is 1.43. The molecule has 0 saturated carbocycles. The fraction of sp³-hybridized carbons (Fsp3) is 0.500. The molecule has 0 fully saturated rings. The fourth-order valence-electron chi connectivity index (χ4n) is 1.43. The Morgan fingerprint density at radius 3 is 2.67 bits per heavy atom. The molecule has 0 aromatic heterocycles. The maximum Gasteiger partial charge on any atom is 0.411 e. The van der Waals surface area contributed by atoms with Crippen LogP contribution in [0.1, 0.15) is 18.5 Å². The first-order valence-electron chi connectivity index (χ1n) is 5.52. The van der Waals surface area contributed by atoms with Crippen LogP contribution < -0.4 is 5.32 Å². The molecule has 0 saturated heterocycles. The van der Waals surface area contributed by atoms with E-state index in [1.54, 1.807) is 19.1 Å². The molecule has 0 aliphatic carbocycles. The van der Waals surface area contributed by atoms with Gasteiger partial charge in [0.2, 0.25) is 0 Å². The normalized spacial score (nSPS) is 13.6. The largest absolute Gasteiger partial charge is 0.411 e. The van der Waals surface area contributed by atoms with E-state index >= 15 is 0 Å². The minimum absolute atomic E-state index is 0.0425. The third-order valence-corrected chi connectivity index (χ3v) is 2.31. The predicted octanol–water partition coefficient (Wildman–Crippen LogP) is 3.06. The van der Waals surface area contributed by atoms with Gasteiger partial charge in [-0.3, -0.25) is 0 Å². The third-order valence-electron chi connectivity index (χ3n) is 2.31. The summed E-state index contributed by atoms with van der Waals surface area (Å²) in [4.78, 5) is 0. The maximum absolute atomic E-state index is 12.9. The molecule has 1 N–H and O–H groups in total. The Balaban J connectivity index is 2.23. The molecule has 1 rings (SSSR count). The lowest BCUT2D eigenvalue weighted by Gasteiger charge is -2.14. The van der Waals surface area contributed by atoms with Crippen molar-refractivity contribution in [2.24, 2.45) is 0 Å². The highest BCUT2D eigenvalue weighted by atomic mass is 19.4. The Hall–Kier alpha value is -1.14. The van der Waals surface area contributed by atoms with E-state index in [0.29, 0.717) is 0 Å². The van der Waals surface area contributed by atoms with Crippen molar-refractivity contribution in [3.05, 3.63) is 35.6 Å². The van der Waals surface area contributed by atoms with E-state index in [9.17, 15) is 17.6 Å². The standard InChI is InChI=1S/C12H15F4NO/c1-9(10-3-2-4-11(13)7-10)17-5-6-18-8-12(14,15)16/h2-4,7,9,17H,5-6,8H2,1H3. The van der Waals surface area contributed by atoms with Crippen molar-refractivity contribution in [2.45, 2.75) is 19.1 Å². The summed E-state index contributed by atoms with van der Waals surface area (Å²) in [5.41, 5.74) is 0.742. The molecule has 0 heterocycles. The van der Waals surface area contributed by atoms with Gasteiger partial charge in [0.1, 0.15) is 12.4 Å². The summed E-state index contributed by atoms with van der Waals surface area (Å²) >= 11 is 0. The molecule has 0 aliphatic rings. The van der Waals surface area contributed by atoms with Gasteiger partial charge in [0.05, 0.1) is 6.61 Å². The van der Waals surface area contributed by atoms with Crippen LogP contribution in [0.3, 0.4) is 0 Å². The van der Waals surface area contributed by atoms with E-state index in [4.69, 9.17) is 0 Å². The van der Waals surface area contributed by atoms with Gasteiger partial charge in [-0.25, -0.2) is 4.39 Å². The number of benzene rings is 1. The highest BCUT2D eigenvalue weighted by Crippen LogP contribution is 2.15. The van der Waals surface area contributed by atoms with Gasteiger partial charge in [0, 0.05) is 12.6 Å². The summed E-state index contributed by atoms with van der Waals surface area (Å²) in [6, 6.07) is 5.91. The minimum atomic E-state index is -4.30. The molecule has 6 heteroatoms. The van der Waals surface area contributed by atoms with E-state index in [-0.39, 0.29) is 25.0 Å². The van der Waals surface area contributed by atoms with Gasteiger partial charge in [-0.15, -0.1) is 0 Å². The van der Waals surface area contributed by atoms with Gasteiger partial charge in [-0.1, -0.05) is 12.1 Å². The molecule has 0 spiro atoms. The second-order valence-corrected chi connectivity index (χ2v) is 3.90. The number of halogens is 4. The van der Waals surface area contributed by atoms with Crippen LogP contribution in [0.25, 0.3) is 0 Å². The van der Waals surface area contributed by atoms with Gasteiger partial charge in [-0.05, 0) is 24.6 Å². The first-order chi connectivity index (χ1) is 8.38. The van der Waals surface area contributed by atoms with E-state index in [0.717, 1.165) is 5.56 Å². The van der Waals surface area contributed by atoms with E-state index in [1.165, 1.54) is 12.1 Å². The highest BCUT2D eigenvalue weighted by Gasteiger charge is 2.27. The monoisotopic (exact) mass is 265 g/mol. The Bertz CT molecular complexity index is 367. The second-order valence-electron chi connectivity index (χ2n) is 3.90. The summed E-state index contributed by atoms with van der Waals surface area (Å²) < 4.78 is 52.7. The molecule has 0 bridgehead atoms. The van der Waals surface area contributed by atoms with Crippen molar-refractivity contribution in [3.63, 3.8) is 0 Å². The molecule has 2 nitrogen and oxygen atoms in total. The zero-order chi connectivity index (χ0) is 13.6. The van der Waals surface area contributed by atoms with E-state index in [2.05, 4.69) is 10.1 Å². The van der Waals surface area contributed by atoms with Crippen LogP contribution >= 0.6 is 0 Å². The number of nitrogens with one attached hydrogen (secondary N) is 1. The van der Waals surface area contributed by atoms with Crippen LogP contribution in [0.5, 0.6) is 0 Å². The quantitative estimate of drug-likeness (QED) is 0.630. The predicted molar refractivity (Wildman–Crippen MR) is 59.7 cm³/mol.